The SMILES string of the molecule is CCc1cn(CC)nc1-c1cnc(-c2c(CC)cccc2CC)cc1OC(C)C. The van der Waals surface area contributed by atoms with Crippen LogP contribution in [0.1, 0.15) is 58.2 Å². The normalized spacial score (nSPS) is 11.3. The van der Waals surface area contributed by atoms with E-state index < -0.39 is 0 Å². The maximum Gasteiger partial charge on any atom is 0.132 e. The van der Waals surface area contributed by atoms with Crippen molar-refractivity contribution in [3.63, 3.8) is 0 Å². The van der Waals surface area contributed by atoms with E-state index >= 15 is 0 Å². The molecule has 0 aliphatic rings. The molecule has 2 aromatic heterocycles. The summed E-state index contributed by atoms with van der Waals surface area (Å²) in [6, 6.07) is 8.65. The van der Waals surface area contributed by atoms with E-state index in [9.17, 15) is 0 Å². The van der Waals surface area contributed by atoms with E-state index in [1.807, 2.05) is 10.9 Å². The van der Waals surface area contributed by atoms with Gasteiger partial charge in [0.15, 0.2) is 0 Å². The van der Waals surface area contributed by atoms with Gasteiger partial charge in [-0.1, -0.05) is 39.0 Å². The van der Waals surface area contributed by atoms with Crippen molar-refractivity contribution in [2.75, 3.05) is 0 Å². The number of rotatable bonds is 8. The molecular formula is C25H33N3O. The predicted molar refractivity (Wildman–Crippen MR) is 120 cm³/mol. The third-order valence-corrected chi connectivity index (χ3v) is 5.28. The molecular weight excluding hydrogens is 358 g/mol. The van der Waals surface area contributed by atoms with Crippen molar-refractivity contribution >= 4 is 0 Å². The van der Waals surface area contributed by atoms with Gasteiger partial charge < -0.3 is 4.74 Å². The van der Waals surface area contributed by atoms with Gasteiger partial charge in [-0.2, -0.15) is 5.10 Å². The molecule has 0 saturated heterocycles. The van der Waals surface area contributed by atoms with Crippen LogP contribution in [0.3, 0.4) is 0 Å². The summed E-state index contributed by atoms with van der Waals surface area (Å²) in [5.74, 6) is 0.856. The number of aromatic nitrogens is 3. The van der Waals surface area contributed by atoms with Crippen LogP contribution in [-0.4, -0.2) is 20.9 Å². The van der Waals surface area contributed by atoms with Gasteiger partial charge in [-0.25, -0.2) is 0 Å². The minimum Gasteiger partial charge on any atom is -0.490 e. The first-order valence-electron chi connectivity index (χ1n) is 10.9. The van der Waals surface area contributed by atoms with Gasteiger partial charge in [0.2, 0.25) is 0 Å². The van der Waals surface area contributed by atoms with Crippen LogP contribution in [-0.2, 0) is 25.8 Å². The van der Waals surface area contributed by atoms with Crippen molar-refractivity contribution < 1.29 is 4.74 Å². The van der Waals surface area contributed by atoms with Gasteiger partial charge in [-0.15, -0.1) is 0 Å². The van der Waals surface area contributed by atoms with E-state index in [1.54, 1.807) is 0 Å². The molecule has 1 aromatic carbocycles. The molecule has 0 fully saturated rings. The summed E-state index contributed by atoms with van der Waals surface area (Å²) in [7, 11) is 0. The van der Waals surface area contributed by atoms with Crippen LogP contribution >= 0.6 is 0 Å². The molecule has 2 heterocycles. The summed E-state index contributed by atoms with van der Waals surface area (Å²) in [5, 5.41) is 4.80. The molecule has 154 valence electrons. The number of aryl methyl sites for hydroxylation is 4. The summed E-state index contributed by atoms with van der Waals surface area (Å²) >= 11 is 0. The minimum atomic E-state index is 0.0781. The number of nitrogens with zero attached hydrogens (tertiary/aromatic N) is 3. The van der Waals surface area contributed by atoms with Crippen molar-refractivity contribution in [3.05, 3.63) is 53.3 Å². The Morgan fingerprint density at radius 2 is 1.62 bits per heavy atom. The number of ether oxygens (including phenoxy) is 1. The molecule has 3 rings (SSSR count). The highest BCUT2D eigenvalue weighted by molar-refractivity contribution is 5.75. The van der Waals surface area contributed by atoms with E-state index in [0.717, 1.165) is 48.5 Å². The zero-order valence-electron chi connectivity index (χ0n) is 18.6. The van der Waals surface area contributed by atoms with Crippen molar-refractivity contribution in [2.24, 2.45) is 0 Å². The molecule has 0 N–H and O–H groups in total. The van der Waals surface area contributed by atoms with Gasteiger partial charge in [0.05, 0.1) is 17.4 Å². The fourth-order valence-electron chi connectivity index (χ4n) is 3.78. The van der Waals surface area contributed by atoms with Crippen molar-refractivity contribution in [3.8, 4) is 28.3 Å². The Kier molecular flexibility index (Phi) is 6.73. The van der Waals surface area contributed by atoms with E-state index in [2.05, 4.69) is 72.0 Å². The Balaban J connectivity index is 2.20. The van der Waals surface area contributed by atoms with Crippen LogP contribution in [0.15, 0.2) is 36.7 Å². The van der Waals surface area contributed by atoms with Crippen LogP contribution in [0.25, 0.3) is 22.5 Å². The van der Waals surface area contributed by atoms with Gasteiger partial charge in [0.25, 0.3) is 0 Å². The third kappa shape index (κ3) is 4.36. The van der Waals surface area contributed by atoms with E-state index in [0.29, 0.717) is 0 Å². The Hall–Kier alpha value is -2.62. The van der Waals surface area contributed by atoms with E-state index in [-0.39, 0.29) is 6.10 Å². The van der Waals surface area contributed by atoms with Gasteiger partial charge >= 0.3 is 0 Å². The van der Waals surface area contributed by atoms with Crippen LogP contribution in [0.5, 0.6) is 5.75 Å². The first kappa shape index (κ1) is 21.1. The van der Waals surface area contributed by atoms with Crippen LogP contribution in [0.2, 0.25) is 0 Å². The van der Waals surface area contributed by atoms with Crippen LogP contribution in [0, 0.1) is 0 Å². The second-order valence-corrected chi connectivity index (χ2v) is 7.60. The quantitative estimate of drug-likeness (QED) is 0.465. The van der Waals surface area contributed by atoms with Crippen LogP contribution < -0.4 is 4.74 Å². The topological polar surface area (TPSA) is 39.9 Å². The molecule has 0 unspecified atom stereocenters. The number of hydrogen-bond donors (Lipinski definition) is 0. The number of pyridine rings is 1. The summed E-state index contributed by atoms with van der Waals surface area (Å²) in [5.41, 5.74) is 8.04. The summed E-state index contributed by atoms with van der Waals surface area (Å²) in [4.78, 5) is 4.89. The first-order valence-corrected chi connectivity index (χ1v) is 10.9. The van der Waals surface area contributed by atoms with Crippen molar-refractivity contribution in [2.45, 2.75) is 73.5 Å². The Bertz CT molecular complexity index is 950. The lowest BCUT2D eigenvalue weighted by molar-refractivity contribution is 0.243. The lowest BCUT2D eigenvalue weighted by Gasteiger charge is -2.17. The largest absolute Gasteiger partial charge is 0.490 e. The maximum atomic E-state index is 6.26. The lowest BCUT2D eigenvalue weighted by Crippen LogP contribution is -2.08. The monoisotopic (exact) mass is 391 g/mol. The van der Waals surface area contributed by atoms with Crippen molar-refractivity contribution in [1.29, 1.82) is 0 Å². The fraction of sp³-hybridized carbons (Fsp3) is 0.440. The molecule has 4 heteroatoms. The molecule has 0 amide bonds. The Morgan fingerprint density at radius 1 is 0.966 bits per heavy atom. The summed E-state index contributed by atoms with van der Waals surface area (Å²) in [6.45, 7) is 13.6. The maximum absolute atomic E-state index is 6.26. The van der Waals surface area contributed by atoms with E-state index in [1.165, 1.54) is 22.3 Å². The molecule has 0 aliphatic carbocycles. The standard InChI is InChI=1S/C25H33N3O/c1-7-18-12-11-13-19(8-2)24(18)22-14-23(29-17(5)6)21(15-26-22)25-20(9-3)16-28(10-4)27-25/h11-17H,7-10H2,1-6H3. The molecule has 3 aromatic rings. The lowest BCUT2D eigenvalue weighted by atomic mass is 9.94. The number of benzene rings is 1. The summed E-state index contributed by atoms with van der Waals surface area (Å²) < 4.78 is 8.25. The minimum absolute atomic E-state index is 0.0781. The second kappa shape index (κ2) is 9.25. The highest BCUT2D eigenvalue weighted by Crippen LogP contribution is 2.36. The third-order valence-electron chi connectivity index (χ3n) is 5.28. The average molecular weight is 392 g/mol. The van der Waals surface area contributed by atoms with Gasteiger partial charge in [0, 0.05) is 30.6 Å². The fourth-order valence-corrected chi connectivity index (χ4v) is 3.78. The molecule has 4 nitrogen and oxygen atoms in total. The second-order valence-electron chi connectivity index (χ2n) is 7.60. The van der Waals surface area contributed by atoms with Crippen molar-refractivity contribution in [1.82, 2.24) is 14.8 Å². The molecule has 0 spiro atoms. The summed E-state index contributed by atoms with van der Waals surface area (Å²) in [6.07, 6.45) is 7.04. The Labute approximate surface area is 175 Å². The molecule has 0 saturated carbocycles. The van der Waals surface area contributed by atoms with Gasteiger partial charge in [-0.3, -0.25) is 9.67 Å². The van der Waals surface area contributed by atoms with Gasteiger partial charge in [-0.05, 0) is 56.7 Å². The zero-order chi connectivity index (χ0) is 21.0. The van der Waals surface area contributed by atoms with Crippen LogP contribution in [0.4, 0.5) is 0 Å². The smallest absolute Gasteiger partial charge is 0.132 e. The highest BCUT2D eigenvalue weighted by Gasteiger charge is 2.19. The predicted octanol–water partition coefficient (Wildman–Crippen LogP) is 6.11. The molecule has 0 radical (unpaired) electrons. The molecule has 29 heavy (non-hydrogen) atoms. The molecule has 0 atom stereocenters. The van der Waals surface area contributed by atoms with E-state index in [4.69, 9.17) is 14.8 Å². The first-order chi connectivity index (χ1) is 14.0. The highest BCUT2D eigenvalue weighted by atomic mass is 16.5. The average Bonchev–Trinajstić information content (AvgIpc) is 3.15. The molecule has 0 bridgehead atoms. The number of hydrogen-bond acceptors (Lipinski definition) is 3. The molecule has 0 aliphatic heterocycles. The Morgan fingerprint density at radius 3 is 2.17 bits per heavy atom. The van der Waals surface area contributed by atoms with Gasteiger partial charge in [0.1, 0.15) is 11.4 Å². The zero-order valence-corrected chi connectivity index (χ0v) is 18.6.